The van der Waals surface area contributed by atoms with Crippen LogP contribution in [-0.2, 0) is 9.53 Å². The third-order valence-corrected chi connectivity index (χ3v) is 8.23. The molecule has 1 atom stereocenters. The van der Waals surface area contributed by atoms with Crippen molar-refractivity contribution in [2.45, 2.75) is 19.9 Å². The van der Waals surface area contributed by atoms with Gasteiger partial charge in [0.05, 0.1) is 38.9 Å². The van der Waals surface area contributed by atoms with E-state index in [1.54, 1.807) is 19.9 Å². The largest absolute Gasteiger partial charge is 0.478 e. The van der Waals surface area contributed by atoms with Crippen LogP contribution in [0.5, 0.6) is 0 Å². The summed E-state index contributed by atoms with van der Waals surface area (Å²) in [4.78, 5) is 54.6. The molecule has 1 aliphatic rings. The number of fused-ring (bicyclic) bond motifs is 2. The number of non-ortho nitro benzene ring substituents is 1. The second-order valence-corrected chi connectivity index (χ2v) is 10.9. The molecule has 0 aliphatic carbocycles. The molecule has 12 heteroatoms. The molecule has 0 saturated carbocycles. The smallest absolute Gasteiger partial charge is 0.338 e. The highest BCUT2D eigenvalue weighted by Crippen LogP contribution is 2.35. The van der Waals surface area contributed by atoms with E-state index in [2.05, 4.69) is 4.99 Å². The number of ether oxygens (including phenoxy) is 1. The van der Waals surface area contributed by atoms with E-state index < -0.39 is 28.5 Å². The highest BCUT2D eigenvalue weighted by molar-refractivity contribution is 7.07. The van der Waals surface area contributed by atoms with Crippen LogP contribution in [-0.4, -0.2) is 33.1 Å². The Bertz CT molecular complexity index is 2220. The number of carbonyl (C=O) groups is 2. The van der Waals surface area contributed by atoms with E-state index in [9.17, 15) is 29.6 Å². The van der Waals surface area contributed by atoms with Crippen LogP contribution in [0.1, 0.15) is 41.6 Å². The highest BCUT2D eigenvalue weighted by atomic mass is 32.1. The summed E-state index contributed by atoms with van der Waals surface area (Å²) in [6.07, 6.45) is 1.52. The van der Waals surface area contributed by atoms with E-state index in [0.29, 0.717) is 10.5 Å². The summed E-state index contributed by atoms with van der Waals surface area (Å²) in [6.45, 7) is 3.58. The lowest BCUT2D eigenvalue weighted by Crippen LogP contribution is -2.40. The van der Waals surface area contributed by atoms with Gasteiger partial charge in [0.2, 0.25) is 0 Å². The number of carboxylic acid groups (broad SMARTS) is 1. The maximum atomic E-state index is 14.0. The molecule has 0 unspecified atom stereocenters. The molecule has 0 radical (unpaired) electrons. The van der Waals surface area contributed by atoms with Gasteiger partial charge in [-0.05, 0) is 48.4 Å². The topological polar surface area (TPSA) is 154 Å². The maximum Gasteiger partial charge on any atom is 0.338 e. The predicted octanol–water partition coefficient (Wildman–Crippen LogP) is 4.82. The number of rotatable bonds is 7. The average molecular weight is 610 g/mol. The van der Waals surface area contributed by atoms with Crippen LogP contribution in [0.25, 0.3) is 28.2 Å². The first kappa shape index (κ1) is 28.5. The van der Waals surface area contributed by atoms with Crippen LogP contribution in [0.3, 0.4) is 0 Å². The molecular weight excluding hydrogens is 586 g/mol. The van der Waals surface area contributed by atoms with Crippen LogP contribution >= 0.6 is 11.3 Å². The lowest BCUT2D eigenvalue weighted by atomic mass is 9.91. The van der Waals surface area contributed by atoms with Crippen molar-refractivity contribution in [2.24, 2.45) is 4.99 Å². The van der Waals surface area contributed by atoms with Gasteiger partial charge in [0, 0.05) is 23.8 Å². The van der Waals surface area contributed by atoms with Crippen molar-refractivity contribution < 1.29 is 28.8 Å². The van der Waals surface area contributed by atoms with Crippen LogP contribution in [0.4, 0.5) is 5.69 Å². The summed E-state index contributed by atoms with van der Waals surface area (Å²) < 4.78 is 13.0. The van der Waals surface area contributed by atoms with E-state index in [1.807, 2.05) is 42.5 Å². The van der Waals surface area contributed by atoms with Crippen molar-refractivity contribution in [3.8, 4) is 11.3 Å². The first-order chi connectivity index (χ1) is 21.2. The fourth-order valence-electron chi connectivity index (χ4n) is 5.32. The molecule has 6 rings (SSSR count). The number of hydrogen-bond donors (Lipinski definition) is 1. The van der Waals surface area contributed by atoms with Crippen molar-refractivity contribution in [2.75, 3.05) is 6.61 Å². The van der Waals surface area contributed by atoms with Gasteiger partial charge < -0.3 is 14.3 Å². The molecule has 0 amide bonds. The zero-order valence-electron chi connectivity index (χ0n) is 23.3. The lowest BCUT2D eigenvalue weighted by Gasteiger charge is -2.25. The monoisotopic (exact) mass is 609 g/mol. The Labute approximate surface area is 252 Å². The first-order valence-electron chi connectivity index (χ1n) is 13.5. The molecular formula is C32H23N3O8S. The number of benzene rings is 3. The molecule has 0 spiro atoms. The van der Waals surface area contributed by atoms with Crippen molar-refractivity contribution in [3.63, 3.8) is 0 Å². The normalized spacial score (nSPS) is 14.8. The van der Waals surface area contributed by atoms with Gasteiger partial charge in [0.15, 0.2) is 4.80 Å². The number of nitro groups is 1. The molecule has 3 heterocycles. The number of thiazole rings is 1. The summed E-state index contributed by atoms with van der Waals surface area (Å²) in [6, 6.07) is 19.2. The minimum atomic E-state index is -1.35. The number of aromatic nitrogens is 1. The van der Waals surface area contributed by atoms with E-state index in [4.69, 9.17) is 9.15 Å². The summed E-state index contributed by atoms with van der Waals surface area (Å²) >= 11 is 1.12. The van der Waals surface area contributed by atoms with Crippen LogP contribution in [0.2, 0.25) is 0 Å². The number of carboxylic acids is 1. The Balaban J connectivity index is 1.50. The van der Waals surface area contributed by atoms with Crippen LogP contribution in [0.15, 0.2) is 98.3 Å². The second kappa shape index (κ2) is 11.2. The Hall–Kier alpha value is -5.62. The number of esters is 1. The van der Waals surface area contributed by atoms with Crippen molar-refractivity contribution in [3.05, 3.63) is 131 Å². The Morgan fingerprint density at radius 1 is 1.14 bits per heavy atom. The SMILES string of the molecule is CCOC(=O)C1=C(C)N=c2s/c(=C/c3ccc(-c4ccc([N+](=O)[O-])cc4C(=O)O)o3)c(=O)n2[C@H]1c1cccc2ccccc12. The quantitative estimate of drug-likeness (QED) is 0.157. The molecule has 0 fully saturated rings. The van der Waals surface area contributed by atoms with Gasteiger partial charge in [-0.25, -0.2) is 14.6 Å². The number of hydrogen-bond acceptors (Lipinski definition) is 9. The molecule has 1 N–H and O–H groups in total. The molecule has 0 bridgehead atoms. The minimum Gasteiger partial charge on any atom is -0.478 e. The van der Waals surface area contributed by atoms with Crippen LogP contribution in [0, 0.1) is 10.1 Å². The fraction of sp³-hybridized carbons (Fsp3) is 0.125. The highest BCUT2D eigenvalue weighted by Gasteiger charge is 2.34. The van der Waals surface area contributed by atoms with Crippen molar-refractivity contribution >= 4 is 45.8 Å². The van der Waals surface area contributed by atoms with Gasteiger partial charge in [-0.3, -0.25) is 19.5 Å². The van der Waals surface area contributed by atoms with E-state index >= 15 is 0 Å². The van der Waals surface area contributed by atoms with Gasteiger partial charge in [-0.15, -0.1) is 0 Å². The zero-order valence-corrected chi connectivity index (χ0v) is 24.2. The van der Waals surface area contributed by atoms with E-state index in [1.165, 1.54) is 28.8 Å². The Morgan fingerprint density at radius 3 is 2.66 bits per heavy atom. The summed E-state index contributed by atoms with van der Waals surface area (Å²) in [5.41, 5.74) is 0.535. The van der Waals surface area contributed by atoms with Gasteiger partial charge in [0.25, 0.3) is 11.2 Å². The third-order valence-electron chi connectivity index (χ3n) is 7.24. The summed E-state index contributed by atoms with van der Waals surface area (Å²) in [5.74, 6) is -1.50. The van der Waals surface area contributed by atoms with E-state index in [-0.39, 0.29) is 45.0 Å². The number of furan rings is 1. The summed E-state index contributed by atoms with van der Waals surface area (Å²) in [7, 11) is 0. The number of allylic oxidation sites excluding steroid dienone is 1. The number of nitro benzene ring substituents is 1. The molecule has 1 aliphatic heterocycles. The molecule has 5 aromatic rings. The van der Waals surface area contributed by atoms with Crippen molar-refractivity contribution in [1.29, 1.82) is 0 Å². The predicted molar refractivity (Wildman–Crippen MR) is 162 cm³/mol. The molecule has 11 nitrogen and oxygen atoms in total. The van der Waals surface area contributed by atoms with Gasteiger partial charge >= 0.3 is 11.9 Å². The van der Waals surface area contributed by atoms with Gasteiger partial charge in [0.1, 0.15) is 11.5 Å². The van der Waals surface area contributed by atoms with Gasteiger partial charge in [-0.2, -0.15) is 0 Å². The number of nitrogens with zero attached hydrogens (tertiary/aromatic N) is 3. The molecule has 3 aromatic carbocycles. The first-order valence-corrected chi connectivity index (χ1v) is 14.3. The van der Waals surface area contributed by atoms with Gasteiger partial charge in [-0.1, -0.05) is 53.8 Å². The molecule has 2 aromatic heterocycles. The average Bonchev–Trinajstić information content (AvgIpc) is 3.59. The number of carbonyl (C=O) groups excluding carboxylic acids is 1. The summed E-state index contributed by atoms with van der Waals surface area (Å²) in [5, 5.41) is 22.6. The van der Waals surface area contributed by atoms with Crippen LogP contribution < -0.4 is 14.9 Å². The third kappa shape index (κ3) is 4.90. The molecule has 44 heavy (non-hydrogen) atoms. The Kier molecular flexibility index (Phi) is 7.27. The molecule has 220 valence electrons. The maximum absolute atomic E-state index is 14.0. The number of aromatic carboxylic acids is 1. The molecule has 0 saturated heterocycles. The minimum absolute atomic E-state index is 0.148. The zero-order chi connectivity index (χ0) is 31.1. The van der Waals surface area contributed by atoms with E-state index in [0.717, 1.165) is 33.7 Å². The lowest BCUT2D eigenvalue weighted by molar-refractivity contribution is -0.384. The standard InChI is InChI=1S/C32H23N3O8S/c1-3-42-31(39)27-17(2)33-32-34(28(27)23-10-6-8-18-7-4-5-9-21(18)23)29(36)26(44-32)16-20-12-14-25(43-20)22-13-11-19(35(40)41)15-24(22)30(37)38/h4-16,28H,3H2,1-2H3,(H,37,38)/b26-16+/t28-/m0/s1. The van der Waals surface area contributed by atoms with Crippen molar-refractivity contribution in [1.82, 2.24) is 4.57 Å². The fourth-order valence-corrected chi connectivity index (χ4v) is 6.34. The Morgan fingerprint density at radius 2 is 1.91 bits per heavy atom. The second-order valence-electron chi connectivity index (χ2n) is 9.86.